The SMILES string of the molecule is Cn1c(=O)n(C2CCC(=O)NC2=O)c2ccc(C3CCN(Cc4ccc(C(=O)OC(C)(C)C)cc4)CC3)cc21. The summed E-state index contributed by atoms with van der Waals surface area (Å²) in [7, 11) is 1.73. The number of hydrogen-bond donors (Lipinski definition) is 1. The maximum atomic E-state index is 13.1. The third kappa shape index (κ3) is 5.68. The van der Waals surface area contributed by atoms with Crippen molar-refractivity contribution in [3.8, 4) is 0 Å². The summed E-state index contributed by atoms with van der Waals surface area (Å²) in [5.41, 5.74) is 3.67. The van der Waals surface area contributed by atoms with Crippen LogP contribution in [0.25, 0.3) is 11.0 Å². The van der Waals surface area contributed by atoms with Crippen LogP contribution in [0, 0.1) is 0 Å². The Morgan fingerprint density at radius 2 is 1.67 bits per heavy atom. The molecule has 3 aromatic rings. The highest BCUT2D eigenvalue weighted by atomic mass is 16.6. The molecule has 5 rings (SSSR count). The Kier molecular flexibility index (Phi) is 7.20. The number of imide groups is 1. The molecule has 0 aliphatic carbocycles. The molecule has 1 atom stereocenters. The minimum absolute atomic E-state index is 0.226. The lowest BCUT2D eigenvalue weighted by Crippen LogP contribution is -2.44. The number of benzene rings is 2. The predicted octanol–water partition coefficient (Wildman–Crippen LogP) is 3.65. The van der Waals surface area contributed by atoms with E-state index in [0.29, 0.717) is 23.4 Å². The van der Waals surface area contributed by atoms with E-state index < -0.39 is 17.6 Å². The normalized spacial score (nSPS) is 19.3. The van der Waals surface area contributed by atoms with E-state index in [1.165, 1.54) is 10.1 Å². The van der Waals surface area contributed by atoms with Gasteiger partial charge >= 0.3 is 11.7 Å². The number of carbonyl (C=O) groups is 3. The Balaban J connectivity index is 1.24. The molecule has 2 amide bonds. The average Bonchev–Trinajstić information content (AvgIpc) is 3.13. The fraction of sp³-hybridized carbons (Fsp3) is 0.467. The molecule has 9 heteroatoms. The summed E-state index contributed by atoms with van der Waals surface area (Å²) >= 11 is 0. The summed E-state index contributed by atoms with van der Waals surface area (Å²) in [5, 5.41) is 2.36. The van der Waals surface area contributed by atoms with Crippen molar-refractivity contribution in [2.45, 2.75) is 70.6 Å². The average molecular weight is 533 g/mol. The first-order valence-electron chi connectivity index (χ1n) is 13.6. The van der Waals surface area contributed by atoms with Crippen molar-refractivity contribution in [1.29, 1.82) is 0 Å². The van der Waals surface area contributed by atoms with Crippen molar-refractivity contribution in [2.75, 3.05) is 13.1 Å². The second kappa shape index (κ2) is 10.4. The third-order valence-corrected chi connectivity index (χ3v) is 7.69. The highest BCUT2D eigenvalue weighted by molar-refractivity contribution is 6.00. The molecule has 0 bridgehead atoms. The smallest absolute Gasteiger partial charge is 0.338 e. The second-order valence-electron chi connectivity index (χ2n) is 11.7. The van der Waals surface area contributed by atoms with Gasteiger partial charge in [-0.2, -0.15) is 0 Å². The van der Waals surface area contributed by atoms with Crippen molar-refractivity contribution in [1.82, 2.24) is 19.4 Å². The number of imidazole rings is 1. The molecule has 2 aliphatic heterocycles. The van der Waals surface area contributed by atoms with E-state index >= 15 is 0 Å². The number of esters is 1. The maximum absolute atomic E-state index is 13.1. The first-order chi connectivity index (χ1) is 18.5. The van der Waals surface area contributed by atoms with Gasteiger partial charge in [-0.25, -0.2) is 9.59 Å². The molecule has 0 radical (unpaired) electrons. The molecule has 1 unspecified atom stereocenters. The van der Waals surface area contributed by atoms with Crippen LogP contribution in [0.15, 0.2) is 47.3 Å². The van der Waals surface area contributed by atoms with E-state index in [1.807, 2.05) is 51.1 Å². The van der Waals surface area contributed by atoms with Crippen LogP contribution in [0.1, 0.15) is 79.9 Å². The van der Waals surface area contributed by atoms with Gasteiger partial charge in [-0.1, -0.05) is 18.2 Å². The van der Waals surface area contributed by atoms with E-state index in [0.717, 1.165) is 43.6 Å². The van der Waals surface area contributed by atoms with Gasteiger partial charge in [0.2, 0.25) is 11.8 Å². The summed E-state index contributed by atoms with van der Waals surface area (Å²) in [4.78, 5) is 51.8. The van der Waals surface area contributed by atoms with Gasteiger partial charge in [0.05, 0.1) is 16.6 Å². The van der Waals surface area contributed by atoms with E-state index in [4.69, 9.17) is 4.74 Å². The molecule has 2 fully saturated rings. The number of carbonyl (C=O) groups excluding carboxylic acids is 3. The number of likely N-dealkylation sites (tertiary alicyclic amines) is 1. The Labute approximate surface area is 227 Å². The second-order valence-corrected chi connectivity index (χ2v) is 11.7. The van der Waals surface area contributed by atoms with Gasteiger partial charge < -0.3 is 4.74 Å². The number of fused-ring (bicyclic) bond motifs is 1. The van der Waals surface area contributed by atoms with Crippen molar-refractivity contribution in [3.05, 3.63) is 69.6 Å². The van der Waals surface area contributed by atoms with Gasteiger partial charge in [-0.3, -0.25) is 28.9 Å². The standard InChI is InChI=1S/C30H36N4O5/c1-30(2,3)39-28(37)21-7-5-19(6-8-21)18-33-15-13-20(14-16-33)22-9-10-23-25(17-22)32(4)29(38)34(23)24-11-12-26(35)31-27(24)36/h5-10,17,20,24H,11-16,18H2,1-4H3,(H,31,35,36). The topological polar surface area (TPSA) is 103 Å². The first kappa shape index (κ1) is 26.9. The zero-order valence-electron chi connectivity index (χ0n) is 23.0. The molecule has 1 aromatic heterocycles. The first-order valence-corrected chi connectivity index (χ1v) is 13.6. The van der Waals surface area contributed by atoms with Crippen molar-refractivity contribution in [3.63, 3.8) is 0 Å². The number of rotatable bonds is 5. The summed E-state index contributed by atoms with van der Waals surface area (Å²) in [6.45, 7) is 8.31. The Hall–Kier alpha value is -3.72. The zero-order valence-corrected chi connectivity index (χ0v) is 23.0. The van der Waals surface area contributed by atoms with E-state index in [2.05, 4.69) is 22.3 Å². The van der Waals surface area contributed by atoms with Crippen LogP contribution in [0.2, 0.25) is 0 Å². The van der Waals surface area contributed by atoms with Crippen LogP contribution in [0.5, 0.6) is 0 Å². The molecule has 0 saturated carbocycles. The number of amides is 2. The molecule has 0 spiro atoms. The van der Waals surface area contributed by atoms with Crippen LogP contribution in [-0.2, 0) is 27.9 Å². The number of nitrogens with one attached hydrogen (secondary N) is 1. The largest absolute Gasteiger partial charge is 0.456 e. The number of ether oxygens (including phenoxy) is 1. The summed E-state index contributed by atoms with van der Waals surface area (Å²) in [6, 6.07) is 13.1. The molecule has 1 N–H and O–H groups in total. The highest BCUT2D eigenvalue weighted by Gasteiger charge is 2.31. The van der Waals surface area contributed by atoms with Crippen LogP contribution >= 0.6 is 0 Å². The lowest BCUT2D eigenvalue weighted by Gasteiger charge is -2.32. The van der Waals surface area contributed by atoms with Gasteiger partial charge in [0, 0.05) is 20.0 Å². The molecule has 2 aliphatic rings. The highest BCUT2D eigenvalue weighted by Crippen LogP contribution is 2.32. The van der Waals surface area contributed by atoms with Crippen molar-refractivity contribution < 1.29 is 19.1 Å². The van der Waals surface area contributed by atoms with Crippen LogP contribution in [0.3, 0.4) is 0 Å². The molecule has 3 heterocycles. The maximum Gasteiger partial charge on any atom is 0.338 e. The molecule has 9 nitrogen and oxygen atoms in total. The zero-order chi connectivity index (χ0) is 27.9. The van der Waals surface area contributed by atoms with E-state index in [-0.39, 0.29) is 24.0 Å². The van der Waals surface area contributed by atoms with Gasteiger partial charge in [-0.05, 0) is 94.4 Å². The number of aromatic nitrogens is 2. The number of aryl methyl sites for hydroxylation is 1. The van der Waals surface area contributed by atoms with E-state index in [1.54, 1.807) is 11.6 Å². The van der Waals surface area contributed by atoms with Crippen molar-refractivity contribution >= 4 is 28.8 Å². The Bertz CT molecular complexity index is 1470. The Morgan fingerprint density at radius 3 is 2.31 bits per heavy atom. The quantitative estimate of drug-likeness (QED) is 0.398. The summed E-state index contributed by atoms with van der Waals surface area (Å²) in [6.07, 6.45) is 2.56. The van der Waals surface area contributed by atoms with Gasteiger partial charge in [0.1, 0.15) is 11.6 Å². The molecular formula is C30H36N4O5. The predicted molar refractivity (Wildman–Crippen MR) is 147 cm³/mol. The summed E-state index contributed by atoms with van der Waals surface area (Å²) < 4.78 is 8.57. The Morgan fingerprint density at radius 1 is 0.974 bits per heavy atom. The van der Waals surface area contributed by atoms with Crippen LogP contribution in [0.4, 0.5) is 0 Å². The minimum atomic E-state index is -0.675. The molecule has 206 valence electrons. The monoisotopic (exact) mass is 532 g/mol. The lowest BCUT2D eigenvalue weighted by atomic mass is 9.89. The molecular weight excluding hydrogens is 496 g/mol. The minimum Gasteiger partial charge on any atom is -0.456 e. The van der Waals surface area contributed by atoms with Crippen LogP contribution in [-0.4, -0.2) is 50.5 Å². The van der Waals surface area contributed by atoms with Crippen LogP contribution < -0.4 is 11.0 Å². The van der Waals surface area contributed by atoms with E-state index in [9.17, 15) is 19.2 Å². The fourth-order valence-electron chi connectivity index (χ4n) is 5.63. The molecule has 2 saturated heterocycles. The number of nitrogens with zero attached hydrogens (tertiary/aromatic N) is 3. The molecule has 2 aromatic carbocycles. The van der Waals surface area contributed by atoms with Crippen molar-refractivity contribution in [2.24, 2.45) is 7.05 Å². The fourth-order valence-corrected chi connectivity index (χ4v) is 5.63. The molecule has 39 heavy (non-hydrogen) atoms. The third-order valence-electron chi connectivity index (χ3n) is 7.69. The van der Waals surface area contributed by atoms with Gasteiger partial charge in [0.15, 0.2) is 0 Å². The lowest BCUT2D eigenvalue weighted by molar-refractivity contribution is -0.135. The van der Waals surface area contributed by atoms with Gasteiger partial charge in [0.25, 0.3) is 0 Å². The number of hydrogen-bond acceptors (Lipinski definition) is 6. The number of piperidine rings is 2. The summed E-state index contributed by atoms with van der Waals surface area (Å²) in [5.74, 6) is -0.640. The van der Waals surface area contributed by atoms with Gasteiger partial charge in [-0.15, -0.1) is 0 Å².